The van der Waals surface area contributed by atoms with E-state index < -0.39 is 10.0 Å². The van der Waals surface area contributed by atoms with Gasteiger partial charge in [-0.1, -0.05) is 42.1 Å². The van der Waals surface area contributed by atoms with Crippen LogP contribution < -0.4 is 10.5 Å². The van der Waals surface area contributed by atoms with Crippen molar-refractivity contribution in [2.75, 3.05) is 5.32 Å². The van der Waals surface area contributed by atoms with E-state index in [9.17, 15) is 8.42 Å². The first-order valence-corrected chi connectivity index (χ1v) is 9.92. The minimum absolute atomic E-state index is 0.00810. The average Bonchev–Trinajstić information content (AvgIpc) is 2.61. The maximum atomic E-state index is 11.6. The summed E-state index contributed by atoms with van der Waals surface area (Å²) in [5.41, 5.74) is 1.02. The summed E-state index contributed by atoms with van der Waals surface area (Å²) < 4.78 is 23.2. The molecule has 0 aliphatic carbocycles. The van der Waals surface area contributed by atoms with Gasteiger partial charge in [0.15, 0.2) is 0 Å². The molecular formula is C18H17N3O2S2. The van der Waals surface area contributed by atoms with Crippen molar-refractivity contribution in [3.63, 3.8) is 0 Å². The molecule has 0 radical (unpaired) electrons. The van der Waals surface area contributed by atoms with Gasteiger partial charge in [-0.25, -0.2) is 18.5 Å². The smallest absolute Gasteiger partial charge is 0.241 e. The largest absolute Gasteiger partial charge is 0.365 e. The SMILES string of the molecule is NS(=O)(=O)c1cccnc1NCc1ccc(Sc2ccccc2)cc1. The summed E-state index contributed by atoms with van der Waals surface area (Å²) in [5.74, 6) is 0.257. The molecule has 0 atom stereocenters. The van der Waals surface area contributed by atoms with Crippen molar-refractivity contribution in [2.24, 2.45) is 5.14 Å². The van der Waals surface area contributed by atoms with E-state index in [4.69, 9.17) is 5.14 Å². The molecule has 2 aromatic carbocycles. The molecule has 1 heterocycles. The van der Waals surface area contributed by atoms with Gasteiger partial charge in [-0.2, -0.15) is 0 Å². The molecule has 0 bridgehead atoms. The topological polar surface area (TPSA) is 85.1 Å². The van der Waals surface area contributed by atoms with Crippen molar-refractivity contribution in [1.29, 1.82) is 0 Å². The van der Waals surface area contributed by atoms with E-state index in [1.165, 1.54) is 17.2 Å². The van der Waals surface area contributed by atoms with Gasteiger partial charge in [-0.3, -0.25) is 0 Å². The predicted octanol–water partition coefficient (Wildman–Crippen LogP) is 3.49. The van der Waals surface area contributed by atoms with Gasteiger partial charge in [0.1, 0.15) is 10.7 Å². The highest BCUT2D eigenvalue weighted by atomic mass is 32.2. The molecule has 0 fully saturated rings. The van der Waals surface area contributed by atoms with Crippen LogP contribution >= 0.6 is 11.8 Å². The first kappa shape index (κ1) is 17.5. The monoisotopic (exact) mass is 371 g/mol. The van der Waals surface area contributed by atoms with Crippen LogP contribution in [-0.4, -0.2) is 13.4 Å². The Bertz CT molecular complexity index is 944. The van der Waals surface area contributed by atoms with Crippen LogP contribution in [0.3, 0.4) is 0 Å². The third-order valence-electron chi connectivity index (χ3n) is 3.44. The molecule has 0 unspecified atom stereocenters. The van der Waals surface area contributed by atoms with Crippen LogP contribution in [-0.2, 0) is 16.6 Å². The second-order valence-corrected chi connectivity index (χ2v) is 7.98. The van der Waals surface area contributed by atoms with Crippen LogP contribution in [0.25, 0.3) is 0 Å². The summed E-state index contributed by atoms with van der Waals surface area (Å²) in [6.07, 6.45) is 1.52. The summed E-state index contributed by atoms with van der Waals surface area (Å²) in [6, 6.07) is 21.2. The van der Waals surface area contributed by atoms with Crippen LogP contribution in [0.2, 0.25) is 0 Å². The predicted molar refractivity (Wildman–Crippen MR) is 99.9 cm³/mol. The van der Waals surface area contributed by atoms with Crippen molar-refractivity contribution in [3.05, 3.63) is 78.5 Å². The molecule has 3 rings (SSSR count). The van der Waals surface area contributed by atoms with Crippen LogP contribution in [0, 0.1) is 0 Å². The first-order valence-electron chi connectivity index (χ1n) is 7.56. The molecule has 0 saturated heterocycles. The maximum Gasteiger partial charge on any atom is 0.241 e. The zero-order valence-corrected chi connectivity index (χ0v) is 14.9. The third-order valence-corrected chi connectivity index (χ3v) is 5.40. The van der Waals surface area contributed by atoms with E-state index in [0.717, 1.165) is 10.5 Å². The zero-order valence-electron chi connectivity index (χ0n) is 13.3. The summed E-state index contributed by atoms with van der Waals surface area (Å²) in [6.45, 7) is 0.454. The number of aromatic nitrogens is 1. The molecule has 3 N–H and O–H groups in total. The summed E-state index contributed by atoms with van der Waals surface area (Å²) >= 11 is 1.69. The highest BCUT2D eigenvalue weighted by molar-refractivity contribution is 7.99. The number of pyridine rings is 1. The van der Waals surface area contributed by atoms with Gasteiger partial charge in [-0.15, -0.1) is 0 Å². The van der Waals surface area contributed by atoms with Gasteiger partial charge in [-0.05, 0) is 42.0 Å². The number of nitrogens with zero attached hydrogens (tertiary/aromatic N) is 1. The average molecular weight is 371 g/mol. The first-order chi connectivity index (χ1) is 12.0. The van der Waals surface area contributed by atoms with Crippen LogP contribution in [0.5, 0.6) is 0 Å². The Morgan fingerprint density at radius 1 is 0.920 bits per heavy atom. The lowest BCUT2D eigenvalue weighted by Crippen LogP contribution is -2.15. The fourth-order valence-corrected chi connectivity index (χ4v) is 3.74. The molecule has 7 heteroatoms. The van der Waals surface area contributed by atoms with E-state index in [2.05, 4.69) is 22.4 Å². The van der Waals surface area contributed by atoms with E-state index >= 15 is 0 Å². The van der Waals surface area contributed by atoms with Gasteiger partial charge < -0.3 is 5.32 Å². The number of hydrogen-bond donors (Lipinski definition) is 2. The minimum Gasteiger partial charge on any atom is -0.365 e. The van der Waals surface area contributed by atoms with E-state index in [-0.39, 0.29) is 10.7 Å². The number of nitrogens with one attached hydrogen (secondary N) is 1. The molecular weight excluding hydrogens is 354 g/mol. The molecule has 0 aliphatic rings. The molecule has 0 aliphatic heterocycles. The molecule has 3 aromatic rings. The molecule has 25 heavy (non-hydrogen) atoms. The van der Waals surface area contributed by atoms with Gasteiger partial charge in [0, 0.05) is 22.5 Å². The number of rotatable bonds is 6. The molecule has 1 aromatic heterocycles. The van der Waals surface area contributed by atoms with E-state index in [1.54, 1.807) is 17.8 Å². The van der Waals surface area contributed by atoms with E-state index in [1.807, 2.05) is 42.5 Å². The van der Waals surface area contributed by atoms with Crippen molar-refractivity contribution in [3.8, 4) is 0 Å². The summed E-state index contributed by atoms with van der Waals surface area (Å²) in [5, 5.41) is 8.24. The van der Waals surface area contributed by atoms with Gasteiger partial charge in [0.05, 0.1) is 0 Å². The van der Waals surface area contributed by atoms with Crippen molar-refractivity contribution < 1.29 is 8.42 Å². The Morgan fingerprint density at radius 2 is 1.60 bits per heavy atom. The van der Waals surface area contributed by atoms with E-state index in [0.29, 0.717) is 6.54 Å². The van der Waals surface area contributed by atoms with Gasteiger partial charge in [0.2, 0.25) is 10.0 Å². The lowest BCUT2D eigenvalue weighted by Gasteiger charge is -2.10. The fourth-order valence-electron chi connectivity index (χ4n) is 2.24. The third kappa shape index (κ3) is 4.82. The lowest BCUT2D eigenvalue weighted by atomic mass is 10.2. The van der Waals surface area contributed by atoms with Crippen LogP contribution in [0.4, 0.5) is 5.82 Å². The number of hydrogen-bond acceptors (Lipinski definition) is 5. The Kier molecular flexibility index (Phi) is 5.37. The van der Waals surface area contributed by atoms with Crippen molar-refractivity contribution in [2.45, 2.75) is 21.2 Å². The normalized spacial score (nSPS) is 11.2. The minimum atomic E-state index is -3.81. The second kappa shape index (κ2) is 7.69. The Balaban J connectivity index is 1.67. The maximum absolute atomic E-state index is 11.6. The fraction of sp³-hybridized carbons (Fsp3) is 0.0556. The highest BCUT2D eigenvalue weighted by Gasteiger charge is 2.14. The zero-order chi connectivity index (χ0) is 17.7. The van der Waals surface area contributed by atoms with Crippen molar-refractivity contribution >= 4 is 27.6 Å². The number of benzene rings is 2. The standard InChI is InChI=1S/C18H17N3O2S2/c19-25(22,23)17-7-4-12-20-18(17)21-13-14-8-10-16(11-9-14)24-15-5-2-1-3-6-15/h1-12H,13H2,(H,20,21)(H2,19,22,23). The number of anilines is 1. The number of sulfonamides is 1. The molecule has 5 nitrogen and oxygen atoms in total. The molecule has 0 spiro atoms. The van der Waals surface area contributed by atoms with Crippen LogP contribution in [0.1, 0.15) is 5.56 Å². The van der Waals surface area contributed by atoms with Gasteiger partial charge in [0.25, 0.3) is 0 Å². The molecule has 128 valence electrons. The number of primary sulfonamides is 1. The Morgan fingerprint density at radius 3 is 2.28 bits per heavy atom. The number of nitrogens with two attached hydrogens (primary N) is 1. The van der Waals surface area contributed by atoms with Gasteiger partial charge >= 0.3 is 0 Å². The summed E-state index contributed by atoms with van der Waals surface area (Å²) in [7, 11) is -3.81. The molecule has 0 saturated carbocycles. The lowest BCUT2D eigenvalue weighted by molar-refractivity contribution is 0.597. The Hall–Kier alpha value is -2.35. The van der Waals surface area contributed by atoms with Crippen LogP contribution in [0.15, 0.2) is 87.6 Å². The summed E-state index contributed by atoms with van der Waals surface area (Å²) in [4.78, 5) is 6.37. The Labute approximate surface area is 151 Å². The quantitative estimate of drug-likeness (QED) is 0.693. The highest BCUT2D eigenvalue weighted by Crippen LogP contribution is 2.27. The second-order valence-electron chi connectivity index (χ2n) is 5.31. The molecule has 0 amide bonds. The van der Waals surface area contributed by atoms with Crippen molar-refractivity contribution in [1.82, 2.24) is 4.98 Å².